The number of benzene rings is 1. The third kappa shape index (κ3) is 2.20. The van der Waals surface area contributed by atoms with E-state index in [9.17, 15) is 0 Å². The standard InChI is InChI=1S/C14H15N5/c1-19-13-5-3-2-4-12(13)18-14(19)6-11(15)10-7-16-9-17-8-10/h2-5,7-9,11H,6,15H2,1H3. The van der Waals surface area contributed by atoms with Crippen molar-refractivity contribution in [1.82, 2.24) is 19.5 Å². The van der Waals surface area contributed by atoms with Gasteiger partial charge in [-0.15, -0.1) is 0 Å². The Labute approximate surface area is 111 Å². The van der Waals surface area contributed by atoms with Gasteiger partial charge in [0.15, 0.2) is 0 Å². The van der Waals surface area contributed by atoms with Crippen LogP contribution in [-0.2, 0) is 13.5 Å². The van der Waals surface area contributed by atoms with Crippen molar-refractivity contribution in [3.63, 3.8) is 0 Å². The van der Waals surface area contributed by atoms with Crippen LogP contribution in [-0.4, -0.2) is 19.5 Å². The van der Waals surface area contributed by atoms with E-state index in [0.717, 1.165) is 22.4 Å². The number of hydrogen-bond acceptors (Lipinski definition) is 4. The Bertz CT molecular complexity index is 689. The van der Waals surface area contributed by atoms with Gasteiger partial charge in [-0.2, -0.15) is 0 Å². The summed E-state index contributed by atoms with van der Waals surface area (Å²) in [6.07, 6.45) is 5.67. The molecule has 0 aliphatic heterocycles. The average molecular weight is 253 g/mol. The van der Waals surface area contributed by atoms with Crippen LogP contribution >= 0.6 is 0 Å². The van der Waals surface area contributed by atoms with E-state index in [1.54, 1.807) is 12.4 Å². The second kappa shape index (κ2) is 4.78. The monoisotopic (exact) mass is 253 g/mol. The van der Waals surface area contributed by atoms with Gasteiger partial charge in [0, 0.05) is 37.5 Å². The number of fused-ring (bicyclic) bond motifs is 1. The minimum Gasteiger partial charge on any atom is -0.331 e. The summed E-state index contributed by atoms with van der Waals surface area (Å²) in [6.45, 7) is 0. The Morgan fingerprint density at radius 1 is 1.21 bits per heavy atom. The lowest BCUT2D eigenvalue weighted by atomic mass is 10.1. The van der Waals surface area contributed by atoms with Crippen LogP contribution in [0.3, 0.4) is 0 Å². The van der Waals surface area contributed by atoms with E-state index in [2.05, 4.69) is 25.6 Å². The summed E-state index contributed by atoms with van der Waals surface area (Å²) in [5, 5.41) is 0. The van der Waals surface area contributed by atoms with Crippen LogP contribution in [0.15, 0.2) is 43.0 Å². The summed E-state index contributed by atoms with van der Waals surface area (Å²) in [7, 11) is 2.01. The molecule has 1 atom stereocenters. The molecule has 0 spiro atoms. The summed E-state index contributed by atoms with van der Waals surface area (Å²) in [6, 6.07) is 7.93. The minimum absolute atomic E-state index is 0.142. The molecule has 96 valence electrons. The maximum absolute atomic E-state index is 6.18. The number of nitrogens with zero attached hydrogens (tertiary/aromatic N) is 4. The lowest BCUT2D eigenvalue weighted by molar-refractivity contribution is 0.659. The van der Waals surface area contributed by atoms with Crippen LogP contribution in [0.2, 0.25) is 0 Å². The number of nitrogens with two attached hydrogens (primary N) is 1. The highest BCUT2D eigenvalue weighted by molar-refractivity contribution is 5.75. The lowest BCUT2D eigenvalue weighted by Crippen LogP contribution is -2.16. The van der Waals surface area contributed by atoms with Gasteiger partial charge in [-0.1, -0.05) is 12.1 Å². The van der Waals surface area contributed by atoms with Crippen LogP contribution in [0, 0.1) is 0 Å². The number of para-hydroxylation sites is 2. The number of aryl methyl sites for hydroxylation is 1. The summed E-state index contributed by atoms with van der Waals surface area (Å²) in [4.78, 5) is 12.6. The van der Waals surface area contributed by atoms with Gasteiger partial charge in [0.1, 0.15) is 12.2 Å². The molecule has 2 aromatic heterocycles. The number of aromatic nitrogens is 4. The molecule has 0 saturated carbocycles. The largest absolute Gasteiger partial charge is 0.331 e. The fourth-order valence-corrected chi connectivity index (χ4v) is 2.19. The SMILES string of the molecule is Cn1c(CC(N)c2cncnc2)nc2ccccc21. The molecule has 5 nitrogen and oxygen atoms in total. The average Bonchev–Trinajstić information content (AvgIpc) is 2.77. The van der Waals surface area contributed by atoms with E-state index in [0.29, 0.717) is 6.42 Å². The first kappa shape index (κ1) is 11.8. The molecule has 3 rings (SSSR count). The van der Waals surface area contributed by atoms with Gasteiger partial charge >= 0.3 is 0 Å². The maximum atomic E-state index is 6.18. The molecule has 1 unspecified atom stereocenters. The van der Waals surface area contributed by atoms with E-state index >= 15 is 0 Å². The molecule has 1 aromatic carbocycles. The predicted octanol–water partition coefficient (Wildman–Crippen LogP) is 1.61. The Hall–Kier alpha value is -2.27. The molecule has 2 N–H and O–H groups in total. The van der Waals surface area contributed by atoms with Crippen LogP contribution in [0.1, 0.15) is 17.4 Å². The normalized spacial score (nSPS) is 12.7. The van der Waals surface area contributed by atoms with Gasteiger partial charge in [-0.25, -0.2) is 15.0 Å². The number of hydrogen-bond donors (Lipinski definition) is 1. The Morgan fingerprint density at radius 3 is 2.68 bits per heavy atom. The first-order valence-corrected chi connectivity index (χ1v) is 6.16. The van der Waals surface area contributed by atoms with E-state index < -0.39 is 0 Å². The van der Waals surface area contributed by atoms with Crippen molar-refractivity contribution in [2.45, 2.75) is 12.5 Å². The first-order valence-electron chi connectivity index (χ1n) is 6.16. The van der Waals surface area contributed by atoms with Crippen LogP contribution in [0.4, 0.5) is 0 Å². The Kier molecular flexibility index (Phi) is 2.97. The summed E-state index contributed by atoms with van der Waals surface area (Å²) < 4.78 is 2.08. The van der Waals surface area contributed by atoms with Crippen molar-refractivity contribution in [1.29, 1.82) is 0 Å². The van der Waals surface area contributed by atoms with Crippen molar-refractivity contribution in [3.8, 4) is 0 Å². The van der Waals surface area contributed by atoms with Gasteiger partial charge in [0.05, 0.1) is 11.0 Å². The van der Waals surface area contributed by atoms with Gasteiger partial charge in [-0.05, 0) is 12.1 Å². The highest BCUT2D eigenvalue weighted by Gasteiger charge is 2.13. The van der Waals surface area contributed by atoms with Gasteiger partial charge in [0.25, 0.3) is 0 Å². The second-order valence-corrected chi connectivity index (χ2v) is 4.56. The zero-order chi connectivity index (χ0) is 13.2. The zero-order valence-electron chi connectivity index (χ0n) is 10.7. The molecular formula is C14H15N5. The molecule has 2 heterocycles. The molecule has 0 bridgehead atoms. The summed E-state index contributed by atoms with van der Waals surface area (Å²) in [5.41, 5.74) is 9.23. The molecule has 0 fully saturated rings. The molecule has 19 heavy (non-hydrogen) atoms. The minimum atomic E-state index is -0.142. The summed E-state index contributed by atoms with van der Waals surface area (Å²) >= 11 is 0. The Morgan fingerprint density at radius 2 is 1.95 bits per heavy atom. The van der Waals surface area contributed by atoms with Gasteiger partial charge in [0.2, 0.25) is 0 Å². The highest BCUT2D eigenvalue weighted by atomic mass is 15.1. The molecule has 0 amide bonds. The molecule has 0 radical (unpaired) electrons. The van der Waals surface area contributed by atoms with Crippen LogP contribution < -0.4 is 5.73 Å². The number of imidazole rings is 1. The smallest absolute Gasteiger partial charge is 0.115 e. The zero-order valence-corrected chi connectivity index (χ0v) is 10.7. The molecular weight excluding hydrogens is 238 g/mol. The lowest BCUT2D eigenvalue weighted by Gasteiger charge is -2.10. The quantitative estimate of drug-likeness (QED) is 0.769. The number of rotatable bonds is 3. The van der Waals surface area contributed by atoms with E-state index in [1.807, 2.05) is 25.2 Å². The molecule has 5 heteroatoms. The Balaban J connectivity index is 1.91. The highest BCUT2D eigenvalue weighted by Crippen LogP contribution is 2.18. The van der Waals surface area contributed by atoms with Crippen molar-refractivity contribution in [2.75, 3.05) is 0 Å². The molecule has 0 aliphatic rings. The first-order chi connectivity index (χ1) is 9.25. The van der Waals surface area contributed by atoms with Crippen molar-refractivity contribution in [3.05, 3.63) is 54.4 Å². The molecule has 0 saturated heterocycles. The van der Waals surface area contributed by atoms with Crippen molar-refractivity contribution in [2.24, 2.45) is 12.8 Å². The van der Waals surface area contributed by atoms with Crippen molar-refractivity contribution < 1.29 is 0 Å². The van der Waals surface area contributed by atoms with Gasteiger partial charge < -0.3 is 10.3 Å². The van der Waals surface area contributed by atoms with E-state index in [1.165, 1.54) is 6.33 Å². The van der Waals surface area contributed by atoms with E-state index in [4.69, 9.17) is 5.73 Å². The van der Waals surface area contributed by atoms with Crippen LogP contribution in [0.25, 0.3) is 11.0 Å². The third-order valence-corrected chi connectivity index (χ3v) is 3.29. The fraction of sp³-hybridized carbons (Fsp3) is 0.214. The second-order valence-electron chi connectivity index (χ2n) is 4.56. The van der Waals surface area contributed by atoms with Gasteiger partial charge in [-0.3, -0.25) is 0 Å². The van der Waals surface area contributed by atoms with E-state index in [-0.39, 0.29) is 6.04 Å². The summed E-state index contributed by atoms with van der Waals surface area (Å²) in [5.74, 6) is 0.970. The third-order valence-electron chi connectivity index (χ3n) is 3.29. The molecule has 3 aromatic rings. The molecule has 0 aliphatic carbocycles. The van der Waals surface area contributed by atoms with Crippen molar-refractivity contribution >= 4 is 11.0 Å². The fourth-order valence-electron chi connectivity index (χ4n) is 2.19. The van der Waals surface area contributed by atoms with Crippen LogP contribution in [0.5, 0.6) is 0 Å². The topological polar surface area (TPSA) is 69.6 Å². The predicted molar refractivity (Wildman–Crippen MR) is 73.4 cm³/mol. The maximum Gasteiger partial charge on any atom is 0.115 e.